The maximum atomic E-state index is 13.3. The van der Waals surface area contributed by atoms with E-state index in [2.05, 4.69) is 20.8 Å². The molecule has 1 saturated carbocycles. The summed E-state index contributed by atoms with van der Waals surface area (Å²) in [7, 11) is 0. The van der Waals surface area contributed by atoms with Gasteiger partial charge in [-0.2, -0.15) is 0 Å². The van der Waals surface area contributed by atoms with Gasteiger partial charge in [0.25, 0.3) is 0 Å². The van der Waals surface area contributed by atoms with Crippen LogP contribution in [0, 0.1) is 11.7 Å². The Morgan fingerprint density at radius 1 is 1.16 bits per heavy atom. The molecule has 1 aliphatic carbocycles. The topological polar surface area (TPSA) is 3.24 Å². The normalized spacial score (nSPS) is 28.1. The van der Waals surface area contributed by atoms with Gasteiger partial charge in [0.2, 0.25) is 0 Å². The van der Waals surface area contributed by atoms with Crippen LogP contribution in [0.3, 0.4) is 0 Å². The predicted octanol–water partition coefficient (Wildman–Crippen LogP) is 4.74. The van der Waals surface area contributed by atoms with E-state index >= 15 is 0 Å². The molecule has 1 heterocycles. The number of piperidine rings is 1. The van der Waals surface area contributed by atoms with E-state index in [-0.39, 0.29) is 5.82 Å². The molecular weight excluding hydrogens is 305 g/mol. The van der Waals surface area contributed by atoms with Gasteiger partial charge in [-0.25, -0.2) is 4.39 Å². The van der Waals surface area contributed by atoms with Gasteiger partial charge in [-0.15, -0.1) is 0 Å². The van der Waals surface area contributed by atoms with Crippen molar-refractivity contribution in [2.75, 3.05) is 6.54 Å². The van der Waals surface area contributed by atoms with Crippen LogP contribution in [0.15, 0.2) is 22.7 Å². The molecule has 104 valence electrons. The predicted molar refractivity (Wildman–Crippen MR) is 79.5 cm³/mol. The van der Waals surface area contributed by atoms with Gasteiger partial charge in [0.15, 0.2) is 0 Å². The molecule has 3 heteroatoms. The molecule has 0 spiro atoms. The number of halogens is 2. The summed E-state index contributed by atoms with van der Waals surface area (Å²) in [4.78, 5) is 2.63. The summed E-state index contributed by atoms with van der Waals surface area (Å²) in [6.07, 6.45) is 8.29. The molecule has 19 heavy (non-hydrogen) atoms. The molecule has 1 nitrogen and oxygen atoms in total. The van der Waals surface area contributed by atoms with Crippen molar-refractivity contribution >= 4 is 15.9 Å². The zero-order valence-electron chi connectivity index (χ0n) is 11.2. The fourth-order valence-corrected chi connectivity index (χ4v) is 4.22. The molecule has 0 radical (unpaired) electrons. The van der Waals surface area contributed by atoms with Crippen LogP contribution in [-0.2, 0) is 6.54 Å². The van der Waals surface area contributed by atoms with Gasteiger partial charge in [-0.1, -0.05) is 18.9 Å². The first kappa shape index (κ1) is 13.6. The molecule has 2 fully saturated rings. The van der Waals surface area contributed by atoms with E-state index in [4.69, 9.17) is 0 Å². The minimum Gasteiger partial charge on any atom is -0.296 e. The highest BCUT2D eigenvalue weighted by atomic mass is 79.9. The second kappa shape index (κ2) is 5.92. The fraction of sp³-hybridized carbons (Fsp3) is 0.625. The molecule has 0 unspecified atom stereocenters. The van der Waals surface area contributed by atoms with Crippen molar-refractivity contribution in [3.63, 3.8) is 0 Å². The number of benzene rings is 1. The van der Waals surface area contributed by atoms with Crippen molar-refractivity contribution in [3.05, 3.63) is 34.1 Å². The highest BCUT2D eigenvalue weighted by molar-refractivity contribution is 9.10. The minimum atomic E-state index is -0.169. The van der Waals surface area contributed by atoms with Gasteiger partial charge in [0, 0.05) is 12.6 Å². The van der Waals surface area contributed by atoms with Crippen LogP contribution in [0.25, 0.3) is 0 Å². The van der Waals surface area contributed by atoms with E-state index < -0.39 is 0 Å². The van der Waals surface area contributed by atoms with E-state index in [1.165, 1.54) is 50.6 Å². The van der Waals surface area contributed by atoms with E-state index in [0.29, 0.717) is 4.47 Å². The van der Waals surface area contributed by atoms with Gasteiger partial charge >= 0.3 is 0 Å². The first-order valence-corrected chi connectivity index (χ1v) is 8.21. The first-order chi connectivity index (χ1) is 9.24. The Labute approximate surface area is 123 Å². The van der Waals surface area contributed by atoms with Crippen LogP contribution in [0.2, 0.25) is 0 Å². The molecule has 3 rings (SSSR count). The molecule has 0 amide bonds. The average Bonchev–Trinajstić information content (AvgIpc) is 2.43. The van der Waals surface area contributed by atoms with E-state index in [1.54, 1.807) is 6.07 Å². The highest BCUT2D eigenvalue weighted by Crippen LogP contribution is 2.36. The summed E-state index contributed by atoms with van der Waals surface area (Å²) in [6.45, 7) is 2.18. The molecule has 0 N–H and O–H groups in total. The van der Waals surface area contributed by atoms with Crippen LogP contribution < -0.4 is 0 Å². The van der Waals surface area contributed by atoms with Gasteiger partial charge in [0.1, 0.15) is 5.82 Å². The lowest BCUT2D eigenvalue weighted by molar-refractivity contribution is 0.0547. The quantitative estimate of drug-likeness (QED) is 0.758. The molecule has 1 aromatic rings. The molecule has 2 atom stereocenters. The minimum absolute atomic E-state index is 0.169. The SMILES string of the molecule is Fc1ccc(CN2CCC[C@H]3CCCC[C@H]32)cc1Br. The summed E-state index contributed by atoms with van der Waals surface area (Å²) >= 11 is 3.29. The molecular formula is C16H21BrFN. The van der Waals surface area contributed by atoms with E-state index in [9.17, 15) is 4.39 Å². The van der Waals surface area contributed by atoms with Crippen molar-refractivity contribution in [1.82, 2.24) is 4.90 Å². The average molecular weight is 326 g/mol. The van der Waals surface area contributed by atoms with Crippen LogP contribution >= 0.6 is 15.9 Å². The second-order valence-electron chi connectivity index (χ2n) is 5.97. The Balaban J connectivity index is 1.72. The van der Waals surface area contributed by atoms with Crippen LogP contribution in [-0.4, -0.2) is 17.5 Å². The van der Waals surface area contributed by atoms with Crippen molar-refractivity contribution in [3.8, 4) is 0 Å². The molecule has 1 aliphatic heterocycles. The lowest BCUT2D eigenvalue weighted by atomic mass is 9.78. The summed E-state index contributed by atoms with van der Waals surface area (Å²) in [5.74, 6) is 0.740. The number of rotatable bonds is 2. The number of nitrogens with zero attached hydrogens (tertiary/aromatic N) is 1. The second-order valence-corrected chi connectivity index (χ2v) is 6.83. The lowest BCUT2D eigenvalue weighted by Crippen LogP contribution is -2.46. The Kier molecular flexibility index (Phi) is 4.23. The van der Waals surface area contributed by atoms with Gasteiger partial charge < -0.3 is 0 Å². The third-order valence-corrected chi connectivity index (χ3v) is 5.34. The van der Waals surface area contributed by atoms with Gasteiger partial charge in [-0.05, 0) is 71.8 Å². The Morgan fingerprint density at radius 3 is 2.79 bits per heavy atom. The maximum absolute atomic E-state index is 13.3. The summed E-state index contributed by atoms with van der Waals surface area (Å²) in [5.41, 5.74) is 1.22. The van der Waals surface area contributed by atoms with Gasteiger partial charge in [-0.3, -0.25) is 4.90 Å². The van der Waals surface area contributed by atoms with Crippen molar-refractivity contribution in [2.45, 2.75) is 51.1 Å². The zero-order valence-corrected chi connectivity index (χ0v) is 12.8. The summed E-state index contributed by atoms with van der Waals surface area (Å²) in [6, 6.07) is 6.20. The molecule has 1 aromatic carbocycles. The number of hydrogen-bond acceptors (Lipinski definition) is 1. The number of fused-ring (bicyclic) bond motifs is 1. The number of hydrogen-bond donors (Lipinski definition) is 0. The number of likely N-dealkylation sites (tertiary alicyclic amines) is 1. The summed E-state index contributed by atoms with van der Waals surface area (Å²) in [5, 5.41) is 0. The fourth-order valence-electron chi connectivity index (χ4n) is 3.80. The Hall–Kier alpha value is -0.410. The molecule has 0 aromatic heterocycles. The third-order valence-electron chi connectivity index (χ3n) is 4.73. The molecule has 2 aliphatic rings. The largest absolute Gasteiger partial charge is 0.296 e. The highest BCUT2D eigenvalue weighted by Gasteiger charge is 2.32. The van der Waals surface area contributed by atoms with Crippen LogP contribution in [0.1, 0.15) is 44.1 Å². The summed E-state index contributed by atoms with van der Waals surface area (Å²) < 4.78 is 13.9. The van der Waals surface area contributed by atoms with Crippen molar-refractivity contribution in [2.24, 2.45) is 5.92 Å². The van der Waals surface area contributed by atoms with Gasteiger partial charge in [0.05, 0.1) is 4.47 Å². The standard InChI is InChI=1S/C16H21BrFN/c17-14-10-12(7-8-15(14)18)11-19-9-3-5-13-4-1-2-6-16(13)19/h7-8,10,13,16H,1-6,9,11H2/t13-,16-/m1/s1. The van der Waals surface area contributed by atoms with Crippen LogP contribution in [0.4, 0.5) is 4.39 Å². The Bertz CT molecular complexity index is 446. The monoisotopic (exact) mass is 325 g/mol. The zero-order chi connectivity index (χ0) is 13.2. The Morgan fingerprint density at radius 2 is 1.95 bits per heavy atom. The van der Waals surface area contributed by atoms with E-state index in [0.717, 1.165) is 18.5 Å². The third kappa shape index (κ3) is 3.03. The van der Waals surface area contributed by atoms with Crippen LogP contribution in [0.5, 0.6) is 0 Å². The molecule has 1 saturated heterocycles. The molecule has 0 bridgehead atoms. The maximum Gasteiger partial charge on any atom is 0.137 e. The van der Waals surface area contributed by atoms with Crippen molar-refractivity contribution in [1.29, 1.82) is 0 Å². The smallest absolute Gasteiger partial charge is 0.137 e. The lowest BCUT2D eigenvalue weighted by Gasteiger charge is -2.44. The van der Waals surface area contributed by atoms with E-state index in [1.807, 2.05) is 12.1 Å². The first-order valence-electron chi connectivity index (χ1n) is 7.42. The van der Waals surface area contributed by atoms with Crippen molar-refractivity contribution < 1.29 is 4.39 Å².